The summed E-state index contributed by atoms with van der Waals surface area (Å²) in [4.78, 5) is 30.7. The van der Waals surface area contributed by atoms with E-state index in [-0.39, 0.29) is 5.91 Å². The quantitative estimate of drug-likeness (QED) is 0.367. The number of rotatable bonds is 9. The minimum Gasteiger partial charge on any atom is -0.493 e. The number of benzene rings is 1. The number of ether oxygens (including phenoxy) is 1. The van der Waals surface area contributed by atoms with Crippen LogP contribution in [0.1, 0.15) is 67.8 Å². The zero-order valence-corrected chi connectivity index (χ0v) is 20.8. The Morgan fingerprint density at radius 1 is 1.22 bits per heavy atom. The first-order valence-corrected chi connectivity index (χ1v) is 12.8. The van der Waals surface area contributed by atoms with Gasteiger partial charge in [-0.05, 0) is 61.4 Å². The monoisotopic (exact) mass is 490 g/mol. The average Bonchev–Trinajstić information content (AvgIpc) is 3.35. The van der Waals surface area contributed by atoms with Crippen molar-refractivity contribution in [3.8, 4) is 5.75 Å². The molecule has 1 aliphatic heterocycles. The van der Waals surface area contributed by atoms with Crippen LogP contribution in [0.15, 0.2) is 59.3 Å². The van der Waals surface area contributed by atoms with Crippen LogP contribution in [0, 0.1) is 5.92 Å². The minimum atomic E-state index is -1.06. The number of aromatic nitrogens is 1. The molecule has 1 aromatic carbocycles. The standard InChI is InChI=1S/C29H34N2O5/c1-2-3-5-10-27(32)31-17-15-22-12-13-24(19-25(22)28(31)29(33)34)35-18-16-23-20-36-26(30-23)14-11-21-8-6-4-7-9-21/h2-3,5,10-14,19-21,28H,4,6-9,15-18H2,1H3,(H,33,34)/b3-2?,10-5?,14-11+. The largest absolute Gasteiger partial charge is 0.493 e. The van der Waals surface area contributed by atoms with Crippen molar-refractivity contribution in [3.63, 3.8) is 0 Å². The van der Waals surface area contributed by atoms with Gasteiger partial charge in [-0.25, -0.2) is 9.78 Å². The lowest BCUT2D eigenvalue weighted by Gasteiger charge is -2.34. The molecule has 0 bridgehead atoms. The van der Waals surface area contributed by atoms with E-state index in [0.29, 0.717) is 49.1 Å². The molecule has 4 rings (SSSR count). The summed E-state index contributed by atoms with van der Waals surface area (Å²) in [6.07, 6.45) is 20.0. The molecular formula is C29H34N2O5. The molecule has 1 aromatic heterocycles. The van der Waals surface area contributed by atoms with Crippen molar-refractivity contribution in [1.29, 1.82) is 0 Å². The third kappa shape index (κ3) is 6.53. The second-order valence-corrected chi connectivity index (χ2v) is 9.30. The second-order valence-electron chi connectivity index (χ2n) is 9.30. The van der Waals surface area contributed by atoms with E-state index >= 15 is 0 Å². The van der Waals surface area contributed by atoms with Gasteiger partial charge in [-0.1, -0.05) is 49.6 Å². The van der Waals surface area contributed by atoms with Crippen LogP contribution in [0.2, 0.25) is 0 Å². The third-order valence-corrected chi connectivity index (χ3v) is 6.76. The number of carboxylic acids is 1. The van der Waals surface area contributed by atoms with Crippen LogP contribution < -0.4 is 4.74 Å². The number of allylic oxidation sites excluding steroid dienone is 4. The maximum atomic E-state index is 12.6. The van der Waals surface area contributed by atoms with Crippen LogP contribution >= 0.6 is 0 Å². The van der Waals surface area contributed by atoms with Gasteiger partial charge in [0, 0.05) is 19.0 Å². The van der Waals surface area contributed by atoms with E-state index in [4.69, 9.17) is 9.15 Å². The number of hydrogen-bond donors (Lipinski definition) is 1. The topological polar surface area (TPSA) is 92.9 Å². The summed E-state index contributed by atoms with van der Waals surface area (Å²) in [5, 5.41) is 9.92. The summed E-state index contributed by atoms with van der Waals surface area (Å²) in [5.41, 5.74) is 2.32. The molecule has 0 radical (unpaired) electrons. The number of nitrogens with zero attached hydrogens (tertiary/aromatic N) is 2. The molecule has 1 N–H and O–H groups in total. The van der Waals surface area contributed by atoms with Crippen LogP contribution in [0.5, 0.6) is 5.75 Å². The van der Waals surface area contributed by atoms with E-state index in [0.717, 1.165) is 11.3 Å². The molecule has 0 saturated heterocycles. The summed E-state index contributed by atoms with van der Waals surface area (Å²) in [7, 11) is 0. The molecule has 190 valence electrons. The molecule has 2 heterocycles. The van der Waals surface area contributed by atoms with Crippen molar-refractivity contribution < 1.29 is 23.8 Å². The fourth-order valence-corrected chi connectivity index (χ4v) is 4.86. The molecule has 2 aromatic rings. The Morgan fingerprint density at radius 2 is 2.06 bits per heavy atom. The van der Waals surface area contributed by atoms with Crippen molar-refractivity contribution >= 4 is 18.0 Å². The van der Waals surface area contributed by atoms with E-state index in [1.165, 1.54) is 43.1 Å². The molecule has 2 aliphatic rings. The molecule has 36 heavy (non-hydrogen) atoms. The number of hydrogen-bond acceptors (Lipinski definition) is 5. The number of oxazole rings is 1. The lowest BCUT2D eigenvalue weighted by Crippen LogP contribution is -2.42. The maximum Gasteiger partial charge on any atom is 0.331 e. The Bertz CT molecular complexity index is 1140. The number of carboxylic acid groups (broad SMARTS) is 1. The van der Waals surface area contributed by atoms with E-state index in [1.807, 2.05) is 31.2 Å². The Balaban J connectivity index is 1.37. The maximum absolute atomic E-state index is 12.6. The molecule has 1 aliphatic carbocycles. The SMILES string of the molecule is CC=CC=CC(=O)N1CCc2ccc(OCCc3coc(/C=C/C4CCCCC4)n3)cc2C1C(=O)O. The number of aliphatic carboxylic acids is 1. The van der Waals surface area contributed by atoms with Crippen molar-refractivity contribution in [1.82, 2.24) is 9.88 Å². The zero-order chi connectivity index (χ0) is 25.3. The summed E-state index contributed by atoms with van der Waals surface area (Å²) in [6.45, 7) is 2.58. The molecule has 0 spiro atoms. The van der Waals surface area contributed by atoms with Crippen molar-refractivity contribution in [2.75, 3.05) is 13.2 Å². The van der Waals surface area contributed by atoms with Crippen molar-refractivity contribution in [3.05, 3.63) is 77.6 Å². The van der Waals surface area contributed by atoms with Crippen LogP contribution in [0.3, 0.4) is 0 Å². The van der Waals surface area contributed by atoms with Crippen molar-refractivity contribution in [2.45, 2.75) is 57.9 Å². The molecule has 1 atom stereocenters. The first-order chi connectivity index (χ1) is 17.5. The lowest BCUT2D eigenvalue weighted by molar-refractivity contribution is -0.149. The molecule has 1 unspecified atom stereocenters. The van der Waals surface area contributed by atoms with Gasteiger partial charge in [0.15, 0.2) is 6.04 Å². The molecule has 1 amide bonds. The minimum absolute atomic E-state index is 0.322. The predicted octanol–water partition coefficient (Wildman–Crippen LogP) is 5.53. The molecule has 7 nitrogen and oxygen atoms in total. The van der Waals surface area contributed by atoms with Crippen LogP contribution in [-0.2, 0) is 22.4 Å². The number of carbonyl (C=O) groups is 2. The Morgan fingerprint density at radius 3 is 2.83 bits per heavy atom. The second kappa shape index (κ2) is 12.4. The first-order valence-electron chi connectivity index (χ1n) is 12.8. The summed E-state index contributed by atoms with van der Waals surface area (Å²) < 4.78 is 11.5. The summed E-state index contributed by atoms with van der Waals surface area (Å²) in [6, 6.07) is 4.43. The molecular weight excluding hydrogens is 456 g/mol. The molecule has 1 fully saturated rings. The molecule has 1 saturated carbocycles. The Kier molecular flexibility index (Phi) is 8.76. The van der Waals surface area contributed by atoms with Gasteiger partial charge in [0.1, 0.15) is 12.0 Å². The highest BCUT2D eigenvalue weighted by molar-refractivity contribution is 5.92. The van der Waals surface area contributed by atoms with Gasteiger partial charge in [-0.2, -0.15) is 0 Å². The van der Waals surface area contributed by atoms with E-state index in [9.17, 15) is 14.7 Å². The van der Waals surface area contributed by atoms with Crippen molar-refractivity contribution in [2.24, 2.45) is 5.92 Å². The predicted molar refractivity (Wildman–Crippen MR) is 138 cm³/mol. The number of fused-ring (bicyclic) bond motifs is 1. The van der Waals surface area contributed by atoms with Gasteiger partial charge in [0.25, 0.3) is 0 Å². The summed E-state index contributed by atoms with van der Waals surface area (Å²) in [5.74, 6) is 0.419. The van der Waals surface area contributed by atoms with E-state index < -0.39 is 12.0 Å². The van der Waals surface area contributed by atoms with Gasteiger partial charge in [-0.15, -0.1) is 0 Å². The van der Waals surface area contributed by atoms with Crippen LogP contribution in [-0.4, -0.2) is 40.0 Å². The number of amides is 1. The van der Waals surface area contributed by atoms with E-state index in [1.54, 1.807) is 24.5 Å². The highest BCUT2D eigenvalue weighted by Gasteiger charge is 2.35. The van der Waals surface area contributed by atoms with Gasteiger partial charge in [0.2, 0.25) is 11.8 Å². The van der Waals surface area contributed by atoms with Gasteiger partial charge in [0.05, 0.1) is 12.3 Å². The van der Waals surface area contributed by atoms with E-state index in [2.05, 4.69) is 11.1 Å². The van der Waals surface area contributed by atoms with Crippen LogP contribution in [0.25, 0.3) is 6.08 Å². The molecule has 7 heteroatoms. The van der Waals surface area contributed by atoms with Gasteiger partial charge in [-0.3, -0.25) is 4.79 Å². The Labute approximate surface area is 212 Å². The normalized spacial score (nSPS) is 18.8. The van der Waals surface area contributed by atoms with Gasteiger partial charge >= 0.3 is 5.97 Å². The van der Waals surface area contributed by atoms with Crippen LogP contribution in [0.4, 0.5) is 0 Å². The zero-order valence-electron chi connectivity index (χ0n) is 20.8. The average molecular weight is 491 g/mol. The smallest absolute Gasteiger partial charge is 0.331 e. The number of carbonyl (C=O) groups excluding carboxylic acids is 1. The first kappa shape index (κ1) is 25.5. The Hall–Kier alpha value is -3.61. The fraction of sp³-hybridized carbons (Fsp3) is 0.414. The summed E-state index contributed by atoms with van der Waals surface area (Å²) >= 11 is 0. The fourth-order valence-electron chi connectivity index (χ4n) is 4.86. The third-order valence-electron chi connectivity index (χ3n) is 6.76. The van der Waals surface area contributed by atoms with Gasteiger partial charge < -0.3 is 19.2 Å². The highest BCUT2D eigenvalue weighted by Crippen LogP contribution is 2.33. The lowest BCUT2D eigenvalue weighted by atomic mass is 9.89. The highest BCUT2D eigenvalue weighted by atomic mass is 16.5.